The molecular weight excluding hydrogens is 258 g/mol. The van der Waals surface area contributed by atoms with Gasteiger partial charge in [0.15, 0.2) is 6.10 Å². The van der Waals surface area contributed by atoms with Crippen LogP contribution in [0.15, 0.2) is 28.7 Å². The van der Waals surface area contributed by atoms with Crippen LogP contribution in [0.3, 0.4) is 0 Å². The van der Waals surface area contributed by atoms with E-state index in [4.69, 9.17) is 11.3 Å². The molecule has 4 heteroatoms. The van der Waals surface area contributed by atoms with E-state index in [9.17, 15) is 4.79 Å². The second-order valence-electron chi connectivity index (χ2n) is 2.99. The molecule has 0 aliphatic rings. The SMILES string of the molecule is [C-]#[N+]CC(OC(C)=O)c1ccc(Br)cc1. The molecule has 1 unspecified atom stereocenters. The minimum atomic E-state index is -0.465. The minimum absolute atomic E-state index is 0.154. The summed E-state index contributed by atoms with van der Waals surface area (Å²) in [4.78, 5) is 14.1. The topological polar surface area (TPSA) is 30.7 Å². The third-order valence-corrected chi connectivity index (χ3v) is 2.34. The number of rotatable bonds is 3. The smallest absolute Gasteiger partial charge is 0.303 e. The van der Waals surface area contributed by atoms with E-state index in [-0.39, 0.29) is 12.5 Å². The highest BCUT2D eigenvalue weighted by molar-refractivity contribution is 9.10. The maximum Gasteiger partial charge on any atom is 0.303 e. The summed E-state index contributed by atoms with van der Waals surface area (Å²) in [5.74, 6) is -0.369. The van der Waals surface area contributed by atoms with Gasteiger partial charge in [-0.2, -0.15) is 0 Å². The third-order valence-electron chi connectivity index (χ3n) is 1.81. The van der Waals surface area contributed by atoms with E-state index in [0.29, 0.717) is 0 Å². The van der Waals surface area contributed by atoms with E-state index in [1.54, 1.807) is 0 Å². The quantitative estimate of drug-likeness (QED) is 0.623. The molecule has 0 radical (unpaired) electrons. The highest BCUT2D eigenvalue weighted by atomic mass is 79.9. The molecule has 0 fully saturated rings. The molecular formula is C11H10BrNO2. The van der Waals surface area contributed by atoms with Crippen molar-refractivity contribution in [1.29, 1.82) is 0 Å². The molecule has 0 amide bonds. The van der Waals surface area contributed by atoms with Crippen LogP contribution in [0.1, 0.15) is 18.6 Å². The number of benzene rings is 1. The Hall–Kier alpha value is -1.34. The first kappa shape index (κ1) is 11.7. The van der Waals surface area contributed by atoms with Crippen LogP contribution >= 0.6 is 15.9 Å². The number of carbonyl (C=O) groups is 1. The molecule has 1 rings (SSSR count). The van der Waals surface area contributed by atoms with Crippen molar-refractivity contribution in [3.8, 4) is 0 Å². The Labute approximate surface area is 97.0 Å². The molecule has 0 heterocycles. The van der Waals surface area contributed by atoms with Crippen LogP contribution < -0.4 is 0 Å². The normalized spacial score (nSPS) is 11.5. The molecule has 3 nitrogen and oxygen atoms in total. The highest BCUT2D eigenvalue weighted by Gasteiger charge is 2.17. The summed E-state index contributed by atoms with van der Waals surface area (Å²) in [5, 5.41) is 0. The molecule has 0 aliphatic heterocycles. The number of esters is 1. The van der Waals surface area contributed by atoms with E-state index in [0.717, 1.165) is 10.0 Å². The average molecular weight is 268 g/mol. The van der Waals surface area contributed by atoms with Crippen LogP contribution in [0.25, 0.3) is 4.85 Å². The summed E-state index contributed by atoms with van der Waals surface area (Å²) in [5.41, 5.74) is 0.837. The fourth-order valence-corrected chi connectivity index (χ4v) is 1.44. The second-order valence-corrected chi connectivity index (χ2v) is 3.91. The number of nitrogens with zero attached hydrogens (tertiary/aromatic N) is 1. The summed E-state index contributed by atoms with van der Waals surface area (Å²) in [6, 6.07) is 7.39. The molecule has 0 saturated carbocycles. The summed E-state index contributed by atoms with van der Waals surface area (Å²) in [6.45, 7) is 8.29. The van der Waals surface area contributed by atoms with Crippen molar-refractivity contribution in [2.45, 2.75) is 13.0 Å². The van der Waals surface area contributed by atoms with Crippen LogP contribution in [0, 0.1) is 6.57 Å². The van der Waals surface area contributed by atoms with Crippen molar-refractivity contribution >= 4 is 21.9 Å². The van der Waals surface area contributed by atoms with Gasteiger partial charge in [0.1, 0.15) is 0 Å². The molecule has 1 aromatic rings. The Balaban J connectivity index is 2.84. The predicted octanol–water partition coefficient (Wildman–Crippen LogP) is 2.97. The Kier molecular flexibility index (Phi) is 4.32. The zero-order chi connectivity index (χ0) is 11.3. The number of carbonyl (C=O) groups excluding carboxylic acids is 1. The van der Waals surface area contributed by atoms with Crippen LogP contribution in [0.2, 0.25) is 0 Å². The maximum absolute atomic E-state index is 10.8. The first-order valence-electron chi connectivity index (χ1n) is 4.39. The minimum Gasteiger partial charge on any atom is -0.450 e. The van der Waals surface area contributed by atoms with Gasteiger partial charge in [0.2, 0.25) is 0 Å². The Morgan fingerprint density at radius 1 is 1.53 bits per heavy atom. The lowest BCUT2D eigenvalue weighted by Crippen LogP contribution is -2.10. The lowest BCUT2D eigenvalue weighted by molar-refractivity contribution is -0.145. The maximum atomic E-state index is 10.8. The van der Waals surface area contributed by atoms with Gasteiger partial charge in [0.25, 0.3) is 6.54 Å². The molecule has 0 N–H and O–H groups in total. The molecule has 78 valence electrons. The summed E-state index contributed by atoms with van der Waals surface area (Å²) >= 11 is 3.32. The molecule has 15 heavy (non-hydrogen) atoms. The van der Waals surface area contributed by atoms with Crippen molar-refractivity contribution in [1.82, 2.24) is 0 Å². The van der Waals surface area contributed by atoms with Crippen molar-refractivity contribution in [2.75, 3.05) is 6.54 Å². The standard InChI is InChI=1S/C11H10BrNO2/c1-8(14)15-11(7-13-2)9-3-5-10(12)6-4-9/h3-6,11H,7H2,1H3. The van der Waals surface area contributed by atoms with E-state index in [2.05, 4.69) is 20.8 Å². The average Bonchev–Trinajstić information content (AvgIpc) is 2.17. The van der Waals surface area contributed by atoms with Crippen LogP contribution in [0.5, 0.6) is 0 Å². The van der Waals surface area contributed by atoms with E-state index >= 15 is 0 Å². The Morgan fingerprint density at radius 3 is 2.60 bits per heavy atom. The second kappa shape index (κ2) is 5.52. The first-order chi connectivity index (χ1) is 7.13. The van der Waals surface area contributed by atoms with Crippen molar-refractivity contribution in [2.24, 2.45) is 0 Å². The molecule has 0 spiro atoms. The molecule has 0 aromatic heterocycles. The molecule has 0 bridgehead atoms. The summed E-state index contributed by atoms with van der Waals surface area (Å²) in [6.07, 6.45) is -0.465. The zero-order valence-corrected chi connectivity index (χ0v) is 9.82. The Morgan fingerprint density at radius 2 is 2.13 bits per heavy atom. The van der Waals surface area contributed by atoms with Gasteiger partial charge in [0, 0.05) is 17.0 Å². The molecule has 1 aromatic carbocycles. The van der Waals surface area contributed by atoms with Crippen molar-refractivity contribution in [3.63, 3.8) is 0 Å². The number of ether oxygens (including phenoxy) is 1. The van der Waals surface area contributed by atoms with E-state index in [1.165, 1.54) is 6.92 Å². The van der Waals surface area contributed by atoms with Gasteiger partial charge in [-0.05, 0) is 12.1 Å². The van der Waals surface area contributed by atoms with E-state index in [1.807, 2.05) is 24.3 Å². The zero-order valence-electron chi connectivity index (χ0n) is 8.24. The fraction of sp³-hybridized carbons (Fsp3) is 0.273. The van der Waals surface area contributed by atoms with Crippen LogP contribution in [-0.2, 0) is 9.53 Å². The van der Waals surface area contributed by atoms with Crippen LogP contribution in [-0.4, -0.2) is 12.5 Å². The van der Waals surface area contributed by atoms with Crippen molar-refractivity contribution < 1.29 is 9.53 Å². The number of hydrogen-bond acceptors (Lipinski definition) is 2. The third kappa shape index (κ3) is 3.72. The van der Waals surface area contributed by atoms with Gasteiger partial charge >= 0.3 is 5.97 Å². The monoisotopic (exact) mass is 267 g/mol. The van der Waals surface area contributed by atoms with Crippen LogP contribution in [0.4, 0.5) is 0 Å². The van der Waals surface area contributed by atoms with Gasteiger partial charge in [-0.25, -0.2) is 6.57 Å². The molecule has 0 aliphatic carbocycles. The molecule has 1 atom stereocenters. The van der Waals surface area contributed by atoms with Crippen molar-refractivity contribution in [3.05, 3.63) is 45.7 Å². The van der Waals surface area contributed by atoms with Gasteiger partial charge < -0.3 is 9.58 Å². The van der Waals surface area contributed by atoms with Gasteiger partial charge in [-0.3, -0.25) is 4.79 Å². The summed E-state index contributed by atoms with van der Waals surface area (Å²) < 4.78 is 6.00. The lowest BCUT2D eigenvalue weighted by Gasteiger charge is -2.11. The summed E-state index contributed by atoms with van der Waals surface area (Å²) in [7, 11) is 0. The van der Waals surface area contributed by atoms with E-state index < -0.39 is 6.10 Å². The van der Waals surface area contributed by atoms with Gasteiger partial charge in [-0.15, -0.1) is 0 Å². The number of hydrogen-bond donors (Lipinski definition) is 0. The Bertz CT molecular complexity index is 381. The fourth-order valence-electron chi connectivity index (χ4n) is 1.17. The van der Waals surface area contributed by atoms with Gasteiger partial charge in [-0.1, -0.05) is 28.1 Å². The predicted molar refractivity (Wildman–Crippen MR) is 60.1 cm³/mol. The molecule has 0 saturated heterocycles. The highest BCUT2D eigenvalue weighted by Crippen LogP contribution is 2.20. The lowest BCUT2D eigenvalue weighted by atomic mass is 10.1. The largest absolute Gasteiger partial charge is 0.450 e. The van der Waals surface area contributed by atoms with Gasteiger partial charge in [0.05, 0.1) is 0 Å². The first-order valence-corrected chi connectivity index (χ1v) is 5.18. The number of halogens is 1.